The quantitative estimate of drug-likeness (QED) is 0.0266. The molecule has 53 heavy (non-hydrogen) atoms. The summed E-state index contributed by atoms with van der Waals surface area (Å²) < 4.78 is 42.0. The highest BCUT2D eigenvalue weighted by Gasteiger charge is 2.20. The fourth-order valence-corrected chi connectivity index (χ4v) is 6.04. The van der Waals surface area contributed by atoms with Crippen molar-refractivity contribution in [2.24, 2.45) is 20.5 Å². The van der Waals surface area contributed by atoms with Gasteiger partial charge in [-0.05, 0) is 86.6 Å². The predicted molar refractivity (Wildman–Crippen MR) is 195 cm³/mol. The number of azo groups is 2. The normalized spacial score (nSPS) is 11.8. The molecule has 0 aliphatic carbocycles. The molecule has 0 saturated heterocycles. The zero-order chi connectivity index (χ0) is 37.7. The number of hydrogen-bond acceptors (Lipinski definition) is 15. The van der Waals surface area contributed by atoms with Crippen LogP contribution in [0.25, 0.3) is 11.4 Å². The monoisotopic (exact) mass is 755 g/mol. The van der Waals surface area contributed by atoms with E-state index >= 15 is 0 Å². The van der Waals surface area contributed by atoms with Crippen LogP contribution in [0.4, 0.5) is 40.1 Å². The predicted octanol–water partition coefficient (Wildman–Crippen LogP) is 7.60. The largest absolute Gasteiger partial charge is 0.382 e. The van der Waals surface area contributed by atoms with E-state index < -0.39 is 20.9 Å². The van der Waals surface area contributed by atoms with Crippen LogP contribution in [0, 0.1) is 13.8 Å². The highest BCUT2D eigenvalue weighted by molar-refractivity contribution is 7.94. The maximum absolute atomic E-state index is 13.1. The van der Waals surface area contributed by atoms with Crippen LogP contribution < -0.4 is 16.8 Å². The van der Waals surface area contributed by atoms with Crippen molar-refractivity contribution in [3.63, 3.8) is 0 Å². The van der Waals surface area contributed by atoms with Gasteiger partial charge in [0.25, 0.3) is 16.0 Å². The number of benzene rings is 4. The maximum Gasteiger partial charge on any atom is 0.296 e. The second-order valence-corrected chi connectivity index (χ2v) is 13.2. The number of nitrogen functional groups attached to an aromatic ring is 2. The minimum Gasteiger partial charge on any atom is -0.382 e. The average Bonchev–Trinajstić information content (AvgIpc) is 3.61. The van der Waals surface area contributed by atoms with Crippen molar-refractivity contribution in [1.82, 2.24) is 19.6 Å². The lowest BCUT2D eigenvalue weighted by molar-refractivity contribution is -0.432. The molecule has 270 valence electrons. The summed E-state index contributed by atoms with van der Waals surface area (Å²) in [5.41, 5.74) is 15.9. The van der Waals surface area contributed by atoms with E-state index in [1.54, 1.807) is 62.4 Å². The van der Waals surface area contributed by atoms with E-state index in [2.05, 4.69) is 45.3 Å². The molecule has 2 heterocycles. The van der Waals surface area contributed by atoms with E-state index in [9.17, 15) is 17.8 Å². The molecule has 1 amide bonds. The summed E-state index contributed by atoms with van der Waals surface area (Å²) in [6.07, 6.45) is 0. The highest BCUT2D eigenvalue weighted by Crippen LogP contribution is 2.34. The van der Waals surface area contributed by atoms with Crippen molar-refractivity contribution in [2.45, 2.75) is 23.6 Å². The zero-order valence-electron chi connectivity index (χ0n) is 27.7. The van der Waals surface area contributed by atoms with Crippen LogP contribution in [-0.4, -0.2) is 43.7 Å². The van der Waals surface area contributed by atoms with E-state index in [4.69, 9.17) is 16.7 Å². The molecular formula is C33H29N11O7S2. The molecule has 0 unspecified atom stereocenters. The van der Waals surface area contributed by atoms with Crippen LogP contribution in [0.15, 0.2) is 127 Å². The first kappa shape index (κ1) is 36.5. The Labute approximate surface area is 305 Å². The van der Waals surface area contributed by atoms with Crippen LogP contribution in [0.5, 0.6) is 0 Å². The summed E-state index contributed by atoms with van der Waals surface area (Å²) in [4.78, 5) is 13.1. The molecule has 0 atom stereocenters. The van der Waals surface area contributed by atoms with Crippen LogP contribution in [-0.2, 0) is 19.5 Å². The molecule has 0 radical (unpaired) electrons. The van der Waals surface area contributed by atoms with E-state index in [0.29, 0.717) is 39.0 Å². The van der Waals surface area contributed by atoms with Gasteiger partial charge in [0, 0.05) is 16.1 Å². The number of para-hydroxylation sites is 1. The Morgan fingerprint density at radius 3 is 2.06 bits per heavy atom. The minimum absolute atomic E-state index is 0.0688. The summed E-state index contributed by atoms with van der Waals surface area (Å²) >= 11 is 0.789. The van der Waals surface area contributed by atoms with E-state index in [1.807, 2.05) is 18.2 Å². The number of rotatable bonds is 12. The second kappa shape index (κ2) is 15.5. The van der Waals surface area contributed by atoms with E-state index in [1.165, 1.54) is 33.6 Å². The summed E-state index contributed by atoms with van der Waals surface area (Å²) in [7, 11) is -4.79. The minimum atomic E-state index is -4.79. The Morgan fingerprint density at radius 2 is 1.42 bits per heavy atom. The van der Waals surface area contributed by atoms with Gasteiger partial charge in [-0.25, -0.2) is 14.6 Å². The van der Waals surface area contributed by atoms with Gasteiger partial charge in [-0.3, -0.25) is 9.35 Å². The third-order valence-corrected chi connectivity index (χ3v) is 8.96. The van der Waals surface area contributed by atoms with Crippen LogP contribution in [0.3, 0.4) is 0 Å². The summed E-state index contributed by atoms with van der Waals surface area (Å²) in [6, 6.07) is 25.9. The first-order valence-corrected chi connectivity index (χ1v) is 17.5. The average molecular weight is 756 g/mol. The summed E-state index contributed by atoms with van der Waals surface area (Å²) in [5, 5.41) is 40.1. The Balaban J connectivity index is 1.16. The number of aryl methyl sites for hydroxylation is 2. The molecule has 4 aromatic carbocycles. The Hall–Kier alpha value is -6.29. The third-order valence-electron chi connectivity index (χ3n) is 7.50. The van der Waals surface area contributed by atoms with Gasteiger partial charge >= 0.3 is 0 Å². The fourth-order valence-electron chi connectivity index (χ4n) is 4.98. The summed E-state index contributed by atoms with van der Waals surface area (Å²) in [6.45, 7) is 3.39. The standard InChI is InChI=1S/C33H29N11O7S2/c1-19-29(32(35)44(42-19)25-9-6-10-26(18-25)52-51-50-46)39-37-22-13-11-21(12-14-22)33(45)36-23-15-16-27(28(17-23)53(47,48)49)38-40-30-20(2)41-43(31(30)34)24-7-4-3-5-8-24/h3-18,46H,34-35H2,1-2H3,(H,36,45)(H,47,48,49). The van der Waals surface area contributed by atoms with E-state index in [-0.39, 0.29) is 34.3 Å². The zero-order valence-corrected chi connectivity index (χ0v) is 29.4. The van der Waals surface area contributed by atoms with Gasteiger partial charge in [-0.2, -0.15) is 23.7 Å². The number of nitrogens with zero attached hydrogens (tertiary/aromatic N) is 8. The number of aromatic nitrogens is 4. The van der Waals surface area contributed by atoms with Gasteiger partial charge in [0.1, 0.15) is 10.6 Å². The van der Waals surface area contributed by atoms with Crippen LogP contribution in [0.1, 0.15) is 21.7 Å². The highest BCUT2D eigenvalue weighted by atomic mass is 32.2. The molecule has 20 heteroatoms. The number of nitrogens with two attached hydrogens (primary N) is 2. The lowest BCUT2D eigenvalue weighted by Crippen LogP contribution is -2.12. The van der Waals surface area contributed by atoms with Crippen molar-refractivity contribution < 1.29 is 32.4 Å². The smallest absolute Gasteiger partial charge is 0.296 e. The molecule has 0 spiro atoms. The molecule has 0 fully saturated rings. The van der Waals surface area contributed by atoms with Crippen molar-refractivity contribution in [1.29, 1.82) is 0 Å². The Kier molecular flexibility index (Phi) is 10.7. The molecule has 0 aliphatic rings. The molecule has 2 aromatic heterocycles. The number of anilines is 3. The van der Waals surface area contributed by atoms with Gasteiger partial charge in [0.2, 0.25) is 0 Å². The molecule has 6 aromatic rings. The maximum atomic E-state index is 13.1. The molecule has 0 bridgehead atoms. The van der Waals surface area contributed by atoms with Crippen LogP contribution >= 0.6 is 12.0 Å². The number of hydrogen-bond donors (Lipinski definition) is 5. The Morgan fingerprint density at radius 1 is 0.792 bits per heavy atom. The second-order valence-electron chi connectivity index (χ2n) is 11.1. The fraction of sp³-hybridized carbons (Fsp3) is 0.0606. The number of nitrogens with one attached hydrogen (secondary N) is 1. The van der Waals surface area contributed by atoms with Gasteiger partial charge in [0.05, 0.1) is 40.5 Å². The van der Waals surface area contributed by atoms with Gasteiger partial charge < -0.3 is 16.8 Å². The first-order chi connectivity index (χ1) is 25.4. The van der Waals surface area contributed by atoms with Crippen molar-refractivity contribution in [2.75, 3.05) is 16.8 Å². The third kappa shape index (κ3) is 8.28. The molecule has 18 nitrogen and oxygen atoms in total. The lowest BCUT2D eigenvalue weighted by atomic mass is 10.2. The number of carbonyl (C=O) groups is 1. The van der Waals surface area contributed by atoms with Crippen molar-refractivity contribution in [3.8, 4) is 11.4 Å². The van der Waals surface area contributed by atoms with Gasteiger partial charge in [-0.1, -0.05) is 29.3 Å². The first-order valence-electron chi connectivity index (χ1n) is 15.3. The Bertz CT molecular complexity index is 2470. The topological polar surface area (TPSA) is 259 Å². The molecule has 0 aliphatic heterocycles. The number of amides is 1. The lowest BCUT2D eigenvalue weighted by Gasteiger charge is -2.08. The van der Waals surface area contributed by atoms with E-state index in [0.717, 1.165) is 18.1 Å². The molecule has 0 saturated carbocycles. The molecular weight excluding hydrogens is 727 g/mol. The van der Waals surface area contributed by atoms with Gasteiger partial charge in [-0.15, -0.1) is 19.7 Å². The molecule has 7 N–H and O–H groups in total. The summed E-state index contributed by atoms with van der Waals surface area (Å²) in [5.74, 6) is -0.171. The van der Waals surface area contributed by atoms with Crippen molar-refractivity contribution >= 4 is 68.1 Å². The van der Waals surface area contributed by atoms with Crippen LogP contribution in [0.2, 0.25) is 0 Å². The van der Waals surface area contributed by atoms with Gasteiger partial charge in [0.15, 0.2) is 23.0 Å². The SMILES string of the molecule is Cc1nn(-c2cccc(SOOO)c2)c(N)c1N=Nc1ccc(C(=O)Nc2ccc(N=Nc3c(C)nn(-c4ccccc4)c3N)c(S(=O)(=O)O)c2)cc1. The number of carbonyl (C=O) groups excluding carboxylic acids is 1. The molecule has 6 rings (SSSR count). The van der Waals surface area contributed by atoms with Crippen molar-refractivity contribution in [3.05, 3.63) is 114 Å².